The maximum absolute atomic E-state index is 12.4. The molecular formula is C21H27N3OS2. The van der Waals surface area contributed by atoms with Crippen molar-refractivity contribution in [3.8, 4) is 0 Å². The molecule has 0 bridgehead atoms. The van der Waals surface area contributed by atoms with Gasteiger partial charge in [0.05, 0.1) is 5.75 Å². The summed E-state index contributed by atoms with van der Waals surface area (Å²) in [4.78, 5) is 25.0. The summed E-state index contributed by atoms with van der Waals surface area (Å²) in [5.74, 6) is 2.93. The monoisotopic (exact) mass is 401 g/mol. The predicted octanol–water partition coefficient (Wildman–Crippen LogP) is 4.84. The van der Waals surface area contributed by atoms with Gasteiger partial charge in [0, 0.05) is 22.2 Å². The van der Waals surface area contributed by atoms with Crippen molar-refractivity contribution >= 4 is 39.2 Å². The molecule has 27 heavy (non-hydrogen) atoms. The van der Waals surface area contributed by atoms with E-state index in [0.717, 1.165) is 40.9 Å². The summed E-state index contributed by atoms with van der Waals surface area (Å²) >= 11 is 3.49. The molecule has 6 heteroatoms. The van der Waals surface area contributed by atoms with Crippen LogP contribution in [0.1, 0.15) is 74.1 Å². The minimum absolute atomic E-state index is 0.157. The maximum Gasteiger partial charge on any atom is 0.230 e. The van der Waals surface area contributed by atoms with Crippen LogP contribution in [0.3, 0.4) is 0 Å². The van der Waals surface area contributed by atoms with Gasteiger partial charge in [0.2, 0.25) is 5.91 Å². The van der Waals surface area contributed by atoms with Gasteiger partial charge in [-0.3, -0.25) is 4.79 Å². The second-order valence-electron chi connectivity index (χ2n) is 8.53. The molecule has 5 rings (SSSR count). The van der Waals surface area contributed by atoms with E-state index >= 15 is 0 Å². The molecule has 0 radical (unpaired) electrons. The smallest absolute Gasteiger partial charge is 0.230 e. The van der Waals surface area contributed by atoms with Crippen molar-refractivity contribution in [1.82, 2.24) is 15.3 Å². The third-order valence-corrected chi connectivity index (χ3v) is 8.27. The molecule has 2 fully saturated rings. The average Bonchev–Trinajstić information content (AvgIpc) is 3.26. The highest BCUT2D eigenvalue weighted by Crippen LogP contribution is 2.44. The Labute approximate surface area is 168 Å². The number of carbonyl (C=O) groups excluding carboxylic acids is 1. The van der Waals surface area contributed by atoms with Crippen molar-refractivity contribution in [2.45, 2.75) is 81.7 Å². The van der Waals surface area contributed by atoms with Gasteiger partial charge < -0.3 is 5.32 Å². The molecule has 0 spiro atoms. The van der Waals surface area contributed by atoms with Crippen LogP contribution in [-0.4, -0.2) is 27.7 Å². The lowest BCUT2D eigenvalue weighted by Crippen LogP contribution is -2.33. The summed E-state index contributed by atoms with van der Waals surface area (Å²) < 4.78 is 0. The molecular weight excluding hydrogens is 374 g/mol. The van der Waals surface area contributed by atoms with Gasteiger partial charge >= 0.3 is 0 Å². The molecule has 3 aliphatic rings. The lowest BCUT2D eigenvalue weighted by Gasteiger charge is -2.18. The topological polar surface area (TPSA) is 54.9 Å². The number of thioether (sulfide) groups is 1. The second-order valence-corrected chi connectivity index (χ2v) is 10.6. The van der Waals surface area contributed by atoms with Gasteiger partial charge in [0.15, 0.2) is 0 Å². The summed E-state index contributed by atoms with van der Waals surface area (Å²) in [6.45, 7) is 2.34. The normalized spacial score (nSPS) is 22.9. The number of nitrogens with zero attached hydrogens (tertiary/aromatic N) is 2. The van der Waals surface area contributed by atoms with E-state index in [1.165, 1.54) is 54.4 Å². The number of amides is 1. The van der Waals surface area contributed by atoms with Crippen LogP contribution in [0.5, 0.6) is 0 Å². The zero-order valence-corrected chi connectivity index (χ0v) is 17.6. The molecule has 0 saturated heterocycles. The van der Waals surface area contributed by atoms with Gasteiger partial charge in [-0.05, 0) is 56.4 Å². The Hall–Kier alpha value is -1.14. The van der Waals surface area contributed by atoms with Crippen molar-refractivity contribution in [1.29, 1.82) is 0 Å². The Balaban J connectivity index is 1.41. The summed E-state index contributed by atoms with van der Waals surface area (Å²) in [7, 11) is 0. The lowest BCUT2D eigenvalue weighted by molar-refractivity contribution is -0.119. The van der Waals surface area contributed by atoms with Crippen molar-refractivity contribution < 1.29 is 4.79 Å². The van der Waals surface area contributed by atoms with E-state index in [0.29, 0.717) is 17.7 Å². The van der Waals surface area contributed by atoms with E-state index < -0.39 is 0 Å². The van der Waals surface area contributed by atoms with Crippen LogP contribution in [0.4, 0.5) is 0 Å². The molecule has 4 nitrogen and oxygen atoms in total. The third kappa shape index (κ3) is 3.75. The number of aromatic nitrogens is 2. The number of hydrogen-bond donors (Lipinski definition) is 1. The van der Waals surface area contributed by atoms with Gasteiger partial charge in [-0.15, -0.1) is 11.3 Å². The van der Waals surface area contributed by atoms with Crippen molar-refractivity contribution in [2.24, 2.45) is 5.92 Å². The van der Waals surface area contributed by atoms with Crippen LogP contribution in [0.25, 0.3) is 10.2 Å². The van der Waals surface area contributed by atoms with Gasteiger partial charge in [-0.1, -0.05) is 31.5 Å². The average molecular weight is 402 g/mol. The fraction of sp³-hybridized carbons (Fsp3) is 0.667. The van der Waals surface area contributed by atoms with Crippen molar-refractivity contribution in [3.05, 3.63) is 16.3 Å². The molecule has 2 aromatic rings. The number of thiophene rings is 1. The van der Waals surface area contributed by atoms with Crippen LogP contribution in [0.2, 0.25) is 0 Å². The van der Waals surface area contributed by atoms with Gasteiger partial charge in [-0.25, -0.2) is 9.97 Å². The molecule has 2 aromatic heterocycles. The molecule has 2 saturated carbocycles. The lowest BCUT2D eigenvalue weighted by atomic mass is 9.89. The van der Waals surface area contributed by atoms with Crippen LogP contribution < -0.4 is 5.32 Å². The zero-order valence-electron chi connectivity index (χ0n) is 15.9. The summed E-state index contributed by atoms with van der Waals surface area (Å²) in [6, 6.07) is 0.390. The fourth-order valence-corrected chi connectivity index (χ4v) is 6.75. The van der Waals surface area contributed by atoms with Gasteiger partial charge in [0.25, 0.3) is 0 Å². The zero-order chi connectivity index (χ0) is 18.4. The van der Waals surface area contributed by atoms with E-state index in [9.17, 15) is 4.79 Å². The first kappa shape index (κ1) is 17.9. The predicted molar refractivity (Wildman–Crippen MR) is 112 cm³/mol. The molecule has 1 N–H and O–H groups in total. The highest BCUT2D eigenvalue weighted by Gasteiger charge is 2.30. The van der Waals surface area contributed by atoms with Gasteiger partial charge in [-0.2, -0.15) is 0 Å². The van der Waals surface area contributed by atoms with E-state index in [1.54, 1.807) is 11.8 Å². The van der Waals surface area contributed by atoms with Crippen LogP contribution >= 0.6 is 23.1 Å². The number of rotatable bonds is 5. The Kier molecular flexibility index (Phi) is 4.88. The molecule has 3 aliphatic carbocycles. The number of nitrogens with one attached hydrogen (secondary N) is 1. The van der Waals surface area contributed by atoms with Crippen molar-refractivity contribution in [3.63, 3.8) is 0 Å². The van der Waals surface area contributed by atoms with Crippen LogP contribution in [0, 0.1) is 5.92 Å². The molecule has 1 atom stereocenters. The standard InChI is InChI=1S/C21H27N3OS2/c1-12-6-9-15-16(10-12)27-21-18(15)20(23-19(24-21)13-7-8-13)26-11-17(25)22-14-4-2-3-5-14/h12-14H,2-11H2,1H3,(H,22,25)/t12-/m0/s1. The summed E-state index contributed by atoms with van der Waals surface area (Å²) in [5.41, 5.74) is 1.47. The first-order valence-corrected chi connectivity index (χ1v) is 12.2. The van der Waals surface area contributed by atoms with Crippen LogP contribution in [0.15, 0.2) is 5.03 Å². The van der Waals surface area contributed by atoms with E-state index in [2.05, 4.69) is 12.2 Å². The number of aryl methyl sites for hydroxylation is 1. The fourth-order valence-electron chi connectivity index (χ4n) is 4.43. The number of fused-ring (bicyclic) bond motifs is 3. The minimum atomic E-state index is 0.157. The minimum Gasteiger partial charge on any atom is -0.353 e. The molecule has 144 valence electrons. The first-order valence-electron chi connectivity index (χ1n) is 10.4. The van der Waals surface area contributed by atoms with Crippen molar-refractivity contribution in [2.75, 3.05) is 5.75 Å². The SMILES string of the molecule is C[C@H]1CCc2c(sc3nc(C4CC4)nc(SCC(=O)NC4CCCC4)c23)C1. The molecule has 0 unspecified atom stereocenters. The number of carbonyl (C=O) groups is 1. The Morgan fingerprint density at radius 1 is 1.19 bits per heavy atom. The second kappa shape index (κ2) is 7.36. The third-order valence-electron chi connectivity index (χ3n) is 6.14. The van der Waals surface area contributed by atoms with Crippen LogP contribution in [-0.2, 0) is 17.6 Å². The largest absolute Gasteiger partial charge is 0.353 e. The van der Waals surface area contributed by atoms with E-state index in [4.69, 9.17) is 9.97 Å². The Morgan fingerprint density at radius 2 is 2.00 bits per heavy atom. The first-order chi connectivity index (χ1) is 13.2. The highest BCUT2D eigenvalue weighted by molar-refractivity contribution is 8.00. The maximum atomic E-state index is 12.4. The molecule has 0 aliphatic heterocycles. The summed E-state index contributed by atoms with van der Waals surface area (Å²) in [5, 5.41) is 5.51. The van der Waals surface area contributed by atoms with E-state index in [1.807, 2.05) is 11.3 Å². The Bertz CT molecular complexity index is 868. The molecule has 1 amide bonds. The Morgan fingerprint density at radius 3 is 2.78 bits per heavy atom. The quantitative estimate of drug-likeness (QED) is 0.575. The highest BCUT2D eigenvalue weighted by atomic mass is 32.2. The van der Waals surface area contributed by atoms with Gasteiger partial charge in [0.1, 0.15) is 15.7 Å². The molecule has 2 heterocycles. The van der Waals surface area contributed by atoms with E-state index in [-0.39, 0.29) is 5.91 Å². The summed E-state index contributed by atoms with van der Waals surface area (Å²) in [6.07, 6.45) is 10.7. The molecule has 0 aromatic carbocycles. The number of hydrogen-bond acceptors (Lipinski definition) is 5.